The first-order valence-corrected chi connectivity index (χ1v) is 10.3. The number of hydrogen-bond donors (Lipinski definition) is 1. The predicted octanol–water partition coefficient (Wildman–Crippen LogP) is 4.71. The van der Waals surface area contributed by atoms with E-state index in [1.807, 2.05) is 41.8 Å². The minimum atomic E-state index is -0.486. The zero-order chi connectivity index (χ0) is 19.5. The second-order valence-corrected chi connectivity index (χ2v) is 7.79. The van der Waals surface area contributed by atoms with Crippen molar-refractivity contribution in [1.29, 1.82) is 0 Å². The Morgan fingerprint density at radius 2 is 1.86 bits per heavy atom. The molecule has 1 atom stereocenters. The van der Waals surface area contributed by atoms with Crippen LogP contribution >= 0.6 is 22.9 Å². The predicted molar refractivity (Wildman–Crippen MR) is 112 cm³/mol. The number of benzene rings is 2. The monoisotopic (exact) mass is 411 g/mol. The molecule has 4 rings (SSSR count). The first-order chi connectivity index (χ1) is 13.6. The molecular weight excluding hydrogens is 394 g/mol. The minimum absolute atomic E-state index is 0.117. The number of carbonyl (C=O) groups excluding carboxylic acids is 2. The normalized spacial score (nSPS) is 16.2. The SMILES string of the molecule is O=C(Nc1nc(-c2ccccc2Cl)cs1)C1CCCN1C(=O)c1ccccc1. The van der Waals surface area contributed by atoms with Crippen LogP contribution in [0.5, 0.6) is 0 Å². The van der Waals surface area contributed by atoms with E-state index >= 15 is 0 Å². The molecule has 2 aromatic carbocycles. The molecule has 28 heavy (non-hydrogen) atoms. The van der Waals surface area contributed by atoms with Crippen molar-refractivity contribution in [3.63, 3.8) is 0 Å². The van der Waals surface area contributed by atoms with E-state index in [0.29, 0.717) is 28.7 Å². The number of thiazole rings is 1. The molecule has 0 radical (unpaired) electrons. The molecule has 7 heteroatoms. The number of halogens is 1. The van der Waals surface area contributed by atoms with Crippen molar-refractivity contribution in [2.24, 2.45) is 0 Å². The number of rotatable bonds is 4. The van der Waals surface area contributed by atoms with Gasteiger partial charge in [0, 0.05) is 28.1 Å². The van der Waals surface area contributed by atoms with Gasteiger partial charge in [-0.25, -0.2) is 4.98 Å². The Balaban J connectivity index is 1.48. The number of likely N-dealkylation sites (tertiary alicyclic amines) is 1. The van der Waals surface area contributed by atoms with Crippen LogP contribution in [-0.2, 0) is 4.79 Å². The number of amides is 2. The molecule has 5 nitrogen and oxygen atoms in total. The topological polar surface area (TPSA) is 62.3 Å². The van der Waals surface area contributed by atoms with Gasteiger partial charge >= 0.3 is 0 Å². The average molecular weight is 412 g/mol. The highest BCUT2D eigenvalue weighted by Crippen LogP contribution is 2.30. The molecule has 0 saturated carbocycles. The van der Waals surface area contributed by atoms with Crippen LogP contribution in [0.25, 0.3) is 11.3 Å². The first-order valence-electron chi connectivity index (χ1n) is 9.01. The minimum Gasteiger partial charge on any atom is -0.327 e. The van der Waals surface area contributed by atoms with Gasteiger partial charge in [-0.2, -0.15) is 0 Å². The fourth-order valence-electron chi connectivity index (χ4n) is 3.34. The number of anilines is 1. The highest BCUT2D eigenvalue weighted by molar-refractivity contribution is 7.14. The van der Waals surface area contributed by atoms with E-state index in [0.717, 1.165) is 17.7 Å². The van der Waals surface area contributed by atoms with Crippen molar-refractivity contribution in [3.05, 3.63) is 70.6 Å². The lowest BCUT2D eigenvalue weighted by Gasteiger charge is -2.23. The molecule has 1 unspecified atom stereocenters. The third kappa shape index (κ3) is 3.79. The van der Waals surface area contributed by atoms with E-state index in [4.69, 9.17) is 11.6 Å². The lowest BCUT2D eigenvalue weighted by Crippen LogP contribution is -2.43. The molecule has 1 aliphatic rings. The van der Waals surface area contributed by atoms with Gasteiger partial charge in [-0.05, 0) is 31.0 Å². The third-order valence-corrected chi connectivity index (χ3v) is 5.81. The van der Waals surface area contributed by atoms with Gasteiger partial charge in [-0.1, -0.05) is 48.0 Å². The summed E-state index contributed by atoms with van der Waals surface area (Å²) in [5.41, 5.74) is 2.13. The Kier molecular flexibility index (Phi) is 5.41. The van der Waals surface area contributed by atoms with Crippen molar-refractivity contribution in [1.82, 2.24) is 9.88 Å². The van der Waals surface area contributed by atoms with E-state index in [1.54, 1.807) is 23.1 Å². The fraction of sp³-hybridized carbons (Fsp3) is 0.190. The van der Waals surface area contributed by atoms with Gasteiger partial charge in [0.2, 0.25) is 5.91 Å². The summed E-state index contributed by atoms with van der Waals surface area (Å²) < 4.78 is 0. The Morgan fingerprint density at radius 1 is 1.11 bits per heavy atom. The second kappa shape index (κ2) is 8.12. The second-order valence-electron chi connectivity index (χ2n) is 6.53. The van der Waals surface area contributed by atoms with Gasteiger partial charge in [0.05, 0.1) is 5.69 Å². The third-order valence-electron chi connectivity index (χ3n) is 4.72. The van der Waals surface area contributed by atoms with Crippen LogP contribution in [0.2, 0.25) is 5.02 Å². The summed E-state index contributed by atoms with van der Waals surface area (Å²) in [5.74, 6) is -0.323. The van der Waals surface area contributed by atoms with Gasteiger partial charge in [-0.15, -0.1) is 11.3 Å². The van der Waals surface area contributed by atoms with Gasteiger partial charge in [0.1, 0.15) is 6.04 Å². The van der Waals surface area contributed by atoms with Crippen molar-refractivity contribution in [2.75, 3.05) is 11.9 Å². The molecule has 1 N–H and O–H groups in total. The maximum Gasteiger partial charge on any atom is 0.254 e. The molecule has 1 fully saturated rings. The Labute approximate surface area is 172 Å². The highest BCUT2D eigenvalue weighted by atomic mass is 35.5. The van der Waals surface area contributed by atoms with Gasteiger partial charge in [-0.3, -0.25) is 9.59 Å². The quantitative estimate of drug-likeness (QED) is 0.676. The molecule has 2 heterocycles. The van der Waals surface area contributed by atoms with Crippen LogP contribution < -0.4 is 5.32 Å². The van der Waals surface area contributed by atoms with Gasteiger partial charge in [0.25, 0.3) is 5.91 Å². The Hall–Kier alpha value is -2.70. The van der Waals surface area contributed by atoms with Crippen LogP contribution in [0.15, 0.2) is 60.0 Å². The molecule has 0 spiro atoms. The van der Waals surface area contributed by atoms with E-state index < -0.39 is 6.04 Å². The summed E-state index contributed by atoms with van der Waals surface area (Å²) in [6.07, 6.45) is 1.45. The van der Waals surface area contributed by atoms with Gasteiger partial charge in [0.15, 0.2) is 5.13 Å². The van der Waals surface area contributed by atoms with E-state index in [1.165, 1.54) is 11.3 Å². The summed E-state index contributed by atoms with van der Waals surface area (Å²) >= 11 is 7.56. The van der Waals surface area contributed by atoms with Crippen molar-refractivity contribution in [2.45, 2.75) is 18.9 Å². The first kappa shape index (κ1) is 18.7. The summed E-state index contributed by atoms with van der Waals surface area (Å²) in [7, 11) is 0. The average Bonchev–Trinajstić information content (AvgIpc) is 3.38. The summed E-state index contributed by atoms with van der Waals surface area (Å²) in [6.45, 7) is 0.578. The zero-order valence-electron chi connectivity index (χ0n) is 15.0. The van der Waals surface area contributed by atoms with E-state index in [9.17, 15) is 9.59 Å². The highest BCUT2D eigenvalue weighted by Gasteiger charge is 2.34. The largest absolute Gasteiger partial charge is 0.327 e. The maximum atomic E-state index is 12.8. The molecule has 142 valence electrons. The number of aromatic nitrogens is 1. The maximum absolute atomic E-state index is 12.8. The van der Waals surface area contributed by atoms with Crippen LogP contribution in [0.1, 0.15) is 23.2 Å². The zero-order valence-corrected chi connectivity index (χ0v) is 16.5. The van der Waals surface area contributed by atoms with Crippen LogP contribution in [0, 0.1) is 0 Å². The molecular formula is C21H18ClN3O2S. The number of nitrogens with zero attached hydrogens (tertiary/aromatic N) is 2. The lowest BCUT2D eigenvalue weighted by atomic mass is 10.1. The summed E-state index contributed by atoms with van der Waals surface area (Å²) in [6, 6.07) is 16.0. The number of hydrogen-bond acceptors (Lipinski definition) is 4. The van der Waals surface area contributed by atoms with E-state index in [2.05, 4.69) is 10.3 Å². The van der Waals surface area contributed by atoms with Crippen LogP contribution in [0.4, 0.5) is 5.13 Å². The molecule has 0 aliphatic carbocycles. The standard InChI is InChI=1S/C21H18ClN3O2S/c22-16-10-5-4-9-15(16)17-13-28-21(23-17)24-19(26)18-11-6-12-25(18)20(27)14-7-2-1-3-8-14/h1-5,7-10,13,18H,6,11-12H2,(H,23,24,26). The smallest absolute Gasteiger partial charge is 0.254 e. The van der Waals surface area contributed by atoms with Gasteiger partial charge < -0.3 is 10.2 Å². The lowest BCUT2D eigenvalue weighted by molar-refractivity contribution is -0.119. The summed E-state index contributed by atoms with van der Waals surface area (Å²) in [4.78, 5) is 31.7. The number of carbonyl (C=O) groups is 2. The Morgan fingerprint density at radius 3 is 2.64 bits per heavy atom. The van der Waals surface area contributed by atoms with Crippen molar-refractivity contribution >= 4 is 39.9 Å². The molecule has 2 amide bonds. The molecule has 1 aromatic heterocycles. The fourth-order valence-corrected chi connectivity index (χ4v) is 4.29. The van der Waals surface area contributed by atoms with Crippen molar-refractivity contribution in [3.8, 4) is 11.3 Å². The van der Waals surface area contributed by atoms with Crippen LogP contribution in [0.3, 0.4) is 0 Å². The Bertz CT molecular complexity index is 1010. The van der Waals surface area contributed by atoms with Crippen LogP contribution in [-0.4, -0.2) is 34.3 Å². The molecule has 0 bridgehead atoms. The van der Waals surface area contributed by atoms with Crippen molar-refractivity contribution < 1.29 is 9.59 Å². The summed E-state index contributed by atoms with van der Waals surface area (Å²) in [5, 5.41) is 5.83. The molecule has 3 aromatic rings. The molecule has 1 aliphatic heterocycles. The van der Waals surface area contributed by atoms with E-state index in [-0.39, 0.29) is 11.8 Å². The molecule has 1 saturated heterocycles. The number of nitrogens with one attached hydrogen (secondary N) is 1.